The van der Waals surface area contributed by atoms with Gasteiger partial charge in [0.25, 0.3) is 0 Å². The molecule has 0 radical (unpaired) electrons. The Morgan fingerprint density at radius 1 is 1.47 bits per heavy atom. The minimum absolute atomic E-state index is 0.300. The Morgan fingerprint density at radius 2 is 2.18 bits per heavy atom. The first-order valence-corrected chi connectivity index (χ1v) is 6.65. The van der Waals surface area contributed by atoms with Crippen LogP contribution >= 0.6 is 0 Å². The van der Waals surface area contributed by atoms with E-state index in [2.05, 4.69) is 44.2 Å². The molecule has 0 fully saturated rings. The summed E-state index contributed by atoms with van der Waals surface area (Å²) in [6, 6.07) is 2.69. The third-order valence-electron chi connectivity index (χ3n) is 3.03. The molecule has 0 bridgehead atoms. The molecule has 0 aliphatic heterocycles. The summed E-state index contributed by atoms with van der Waals surface area (Å²) in [6.07, 6.45) is 5.45. The lowest BCUT2D eigenvalue weighted by Crippen LogP contribution is -2.32. The van der Waals surface area contributed by atoms with Gasteiger partial charge in [-0.05, 0) is 44.2 Å². The number of rotatable bonds is 7. The zero-order valence-electron chi connectivity index (χ0n) is 12.0. The minimum atomic E-state index is 0.300. The van der Waals surface area contributed by atoms with Crippen molar-refractivity contribution in [3.8, 4) is 0 Å². The fourth-order valence-electron chi connectivity index (χ4n) is 2.41. The van der Waals surface area contributed by atoms with Gasteiger partial charge in [0.05, 0.1) is 5.69 Å². The molecule has 0 aliphatic rings. The summed E-state index contributed by atoms with van der Waals surface area (Å²) in [5.41, 5.74) is 1.49. The van der Waals surface area contributed by atoms with Crippen molar-refractivity contribution >= 4 is 0 Å². The predicted octanol–water partition coefficient (Wildman–Crippen LogP) is 2.77. The first kappa shape index (κ1) is 14.2. The van der Waals surface area contributed by atoms with Crippen LogP contribution in [-0.4, -0.2) is 22.4 Å². The van der Waals surface area contributed by atoms with E-state index in [4.69, 9.17) is 0 Å². The van der Waals surface area contributed by atoms with Gasteiger partial charge < -0.3 is 5.32 Å². The highest BCUT2D eigenvalue weighted by atomic mass is 15.2. The molecule has 0 spiro atoms. The zero-order valence-corrected chi connectivity index (χ0v) is 12.0. The van der Waals surface area contributed by atoms with Crippen LogP contribution in [0.25, 0.3) is 0 Å². The SMILES string of the molecule is CCCNC(C)CC(C)(C)Cc1ccn(C)n1. The lowest BCUT2D eigenvalue weighted by atomic mass is 9.82. The average Bonchev–Trinajstić information content (AvgIpc) is 2.59. The molecule has 1 atom stereocenters. The second kappa shape index (κ2) is 6.20. The third kappa shape index (κ3) is 5.35. The van der Waals surface area contributed by atoms with Crippen molar-refractivity contribution in [3.05, 3.63) is 18.0 Å². The highest BCUT2D eigenvalue weighted by Crippen LogP contribution is 2.26. The number of aryl methyl sites for hydroxylation is 1. The largest absolute Gasteiger partial charge is 0.314 e. The molecule has 3 nitrogen and oxygen atoms in total. The summed E-state index contributed by atoms with van der Waals surface area (Å²) in [4.78, 5) is 0. The molecule has 0 saturated heterocycles. The zero-order chi connectivity index (χ0) is 12.9. The standard InChI is InChI=1S/C14H27N3/c1-6-8-15-12(2)10-14(3,4)11-13-7-9-17(5)16-13/h7,9,12,15H,6,8,10-11H2,1-5H3. The number of nitrogens with zero attached hydrogens (tertiary/aromatic N) is 2. The molecule has 1 aromatic rings. The maximum atomic E-state index is 4.46. The van der Waals surface area contributed by atoms with Gasteiger partial charge in [-0.15, -0.1) is 0 Å². The van der Waals surface area contributed by atoms with E-state index in [-0.39, 0.29) is 0 Å². The number of nitrogens with one attached hydrogen (secondary N) is 1. The Balaban J connectivity index is 2.44. The van der Waals surface area contributed by atoms with Gasteiger partial charge in [0.2, 0.25) is 0 Å². The number of hydrogen-bond donors (Lipinski definition) is 1. The highest BCUT2D eigenvalue weighted by molar-refractivity contribution is 5.02. The molecule has 1 heterocycles. The quantitative estimate of drug-likeness (QED) is 0.790. The van der Waals surface area contributed by atoms with Crippen molar-refractivity contribution in [2.75, 3.05) is 6.54 Å². The molecule has 1 rings (SSSR count). The average molecular weight is 237 g/mol. The molecule has 0 saturated carbocycles. The lowest BCUT2D eigenvalue weighted by Gasteiger charge is -2.28. The molecule has 0 amide bonds. The van der Waals surface area contributed by atoms with Crippen LogP contribution in [0.1, 0.15) is 46.2 Å². The Hall–Kier alpha value is -0.830. The number of hydrogen-bond acceptors (Lipinski definition) is 2. The summed E-state index contributed by atoms with van der Waals surface area (Å²) in [5.74, 6) is 0. The van der Waals surface area contributed by atoms with Crippen molar-refractivity contribution < 1.29 is 0 Å². The van der Waals surface area contributed by atoms with Crippen LogP contribution in [0, 0.1) is 5.41 Å². The molecule has 1 unspecified atom stereocenters. The van der Waals surface area contributed by atoms with Crippen LogP contribution in [0.5, 0.6) is 0 Å². The van der Waals surface area contributed by atoms with E-state index in [0.717, 1.165) is 13.0 Å². The maximum absolute atomic E-state index is 4.46. The summed E-state index contributed by atoms with van der Waals surface area (Å²) in [7, 11) is 1.97. The van der Waals surface area contributed by atoms with Crippen molar-refractivity contribution in [2.45, 2.75) is 53.0 Å². The maximum Gasteiger partial charge on any atom is 0.0629 e. The third-order valence-corrected chi connectivity index (χ3v) is 3.03. The van der Waals surface area contributed by atoms with E-state index in [1.54, 1.807) is 0 Å². The van der Waals surface area contributed by atoms with Gasteiger partial charge in [0, 0.05) is 19.3 Å². The second-order valence-electron chi connectivity index (χ2n) is 5.88. The van der Waals surface area contributed by atoms with Crippen molar-refractivity contribution in [1.29, 1.82) is 0 Å². The Kier molecular flexibility index (Phi) is 5.19. The van der Waals surface area contributed by atoms with Gasteiger partial charge in [0.1, 0.15) is 0 Å². The monoisotopic (exact) mass is 237 g/mol. The van der Waals surface area contributed by atoms with Gasteiger partial charge in [-0.3, -0.25) is 4.68 Å². The molecule has 3 heteroatoms. The van der Waals surface area contributed by atoms with Crippen molar-refractivity contribution in [1.82, 2.24) is 15.1 Å². The highest BCUT2D eigenvalue weighted by Gasteiger charge is 2.22. The van der Waals surface area contributed by atoms with Crippen molar-refractivity contribution in [3.63, 3.8) is 0 Å². The molecule has 17 heavy (non-hydrogen) atoms. The minimum Gasteiger partial charge on any atom is -0.314 e. The van der Waals surface area contributed by atoms with E-state index in [0.29, 0.717) is 11.5 Å². The van der Waals surface area contributed by atoms with E-state index in [9.17, 15) is 0 Å². The number of aromatic nitrogens is 2. The van der Waals surface area contributed by atoms with Crippen LogP contribution in [0.3, 0.4) is 0 Å². The Labute approximate surface area is 106 Å². The Morgan fingerprint density at radius 3 is 2.71 bits per heavy atom. The van der Waals surface area contributed by atoms with Gasteiger partial charge in [-0.25, -0.2) is 0 Å². The normalized spacial score (nSPS) is 13.9. The molecule has 0 aliphatic carbocycles. The summed E-state index contributed by atoms with van der Waals surface area (Å²) in [6.45, 7) is 10.2. The van der Waals surface area contributed by atoms with Crippen molar-refractivity contribution in [2.24, 2.45) is 12.5 Å². The molecule has 98 valence electrons. The van der Waals surface area contributed by atoms with Gasteiger partial charge in [-0.1, -0.05) is 20.8 Å². The Bertz CT molecular complexity index is 328. The first-order chi connectivity index (χ1) is 7.93. The molecular formula is C14H27N3. The van der Waals surface area contributed by atoms with Crippen LogP contribution in [0.15, 0.2) is 12.3 Å². The molecule has 1 aromatic heterocycles. The van der Waals surface area contributed by atoms with E-state index >= 15 is 0 Å². The van der Waals surface area contributed by atoms with Gasteiger partial charge in [-0.2, -0.15) is 5.10 Å². The summed E-state index contributed by atoms with van der Waals surface area (Å²) in [5, 5.41) is 8.02. The fraction of sp³-hybridized carbons (Fsp3) is 0.786. The predicted molar refractivity (Wildman–Crippen MR) is 73.1 cm³/mol. The molecule has 1 N–H and O–H groups in total. The van der Waals surface area contributed by atoms with Gasteiger partial charge in [0.15, 0.2) is 0 Å². The van der Waals surface area contributed by atoms with Crippen LogP contribution in [0.2, 0.25) is 0 Å². The smallest absolute Gasteiger partial charge is 0.0629 e. The summed E-state index contributed by atoms with van der Waals surface area (Å²) >= 11 is 0. The van der Waals surface area contributed by atoms with Gasteiger partial charge >= 0.3 is 0 Å². The van der Waals surface area contributed by atoms with Crippen LogP contribution < -0.4 is 5.32 Å². The summed E-state index contributed by atoms with van der Waals surface area (Å²) < 4.78 is 1.88. The van der Waals surface area contributed by atoms with Crippen LogP contribution in [-0.2, 0) is 13.5 Å². The topological polar surface area (TPSA) is 29.9 Å². The van der Waals surface area contributed by atoms with E-state index in [1.165, 1.54) is 18.5 Å². The lowest BCUT2D eigenvalue weighted by molar-refractivity contribution is 0.284. The second-order valence-corrected chi connectivity index (χ2v) is 5.88. The molecular weight excluding hydrogens is 210 g/mol. The van der Waals surface area contributed by atoms with Crippen LogP contribution in [0.4, 0.5) is 0 Å². The molecule has 0 aromatic carbocycles. The van der Waals surface area contributed by atoms with E-state index < -0.39 is 0 Å². The van der Waals surface area contributed by atoms with E-state index in [1.807, 2.05) is 17.9 Å². The fourth-order valence-corrected chi connectivity index (χ4v) is 2.41. The first-order valence-electron chi connectivity index (χ1n) is 6.65.